The average Bonchev–Trinajstić information content (AvgIpc) is 2.82. The summed E-state index contributed by atoms with van der Waals surface area (Å²) in [5, 5.41) is 18.7. The summed E-state index contributed by atoms with van der Waals surface area (Å²) in [5.74, 6) is -1.10. The van der Waals surface area contributed by atoms with Crippen molar-refractivity contribution in [3.05, 3.63) is 46.6 Å². The zero-order valence-corrected chi connectivity index (χ0v) is 24.1. The Labute approximate surface area is 223 Å². The summed E-state index contributed by atoms with van der Waals surface area (Å²) >= 11 is 0. The molecule has 206 valence electrons. The molecule has 2 aliphatic rings. The van der Waals surface area contributed by atoms with Crippen LogP contribution in [0.3, 0.4) is 0 Å². The Kier molecular flexibility index (Phi) is 10.5. The number of carbonyl (C=O) groups is 3. The smallest absolute Gasteiger partial charge is 0.306 e. The molecule has 0 saturated heterocycles. The molecular formula is C32H48O5. The molecule has 0 aromatic heterocycles. The molecule has 0 fully saturated rings. The number of carboxylic acid groups (broad SMARTS) is 1. The molecule has 0 aromatic carbocycles. The third-order valence-corrected chi connectivity index (χ3v) is 7.93. The minimum Gasteiger partial charge on any atom is -0.481 e. The van der Waals surface area contributed by atoms with Crippen molar-refractivity contribution in [2.45, 2.75) is 106 Å². The Balaban J connectivity index is 2.10. The Hall–Kier alpha value is -2.27. The number of aliphatic hydroxyl groups excluding tert-OH is 1. The number of Topliss-reactive ketones (excluding diaryl/α,β-unsaturated/α-hetero) is 2. The number of hydrogen-bond acceptors (Lipinski definition) is 4. The van der Waals surface area contributed by atoms with E-state index < -0.39 is 11.9 Å². The molecule has 0 aromatic rings. The first-order chi connectivity index (χ1) is 17.1. The van der Waals surface area contributed by atoms with Crippen molar-refractivity contribution in [1.82, 2.24) is 0 Å². The van der Waals surface area contributed by atoms with Gasteiger partial charge in [-0.25, -0.2) is 0 Å². The predicted molar refractivity (Wildman–Crippen MR) is 149 cm³/mol. The number of aliphatic carboxylic acids is 1. The van der Waals surface area contributed by atoms with Crippen molar-refractivity contribution in [2.24, 2.45) is 22.2 Å². The van der Waals surface area contributed by atoms with E-state index >= 15 is 0 Å². The van der Waals surface area contributed by atoms with Crippen LogP contribution < -0.4 is 0 Å². The molecule has 37 heavy (non-hydrogen) atoms. The van der Waals surface area contributed by atoms with Gasteiger partial charge in [0, 0.05) is 17.4 Å². The van der Waals surface area contributed by atoms with E-state index in [9.17, 15) is 19.5 Å². The summed E-state index contributed by atoms with van der Waals surface area (Å²) in [6.45, 7) is 14.3. The van der Waals surface area contributed by atoms with Crippen LogP contribution in [-0.2, 0) is 14.4 Å². The second kappa shape index (κ2) is 12.5. The predicted octanol–water partition coefficient (Wildman–Crippen LogP) is 7.16. The summed E-state index contributed by atoms with van der Waals surface area (Å²) in [4.78, 5) is 37.8. The molecule has 2 N–H and O–H groups in total. The highest BCUT2D eigenvalue weighted by atomic mass is 16.4. The Morgan fingerprint density at radius 3 is 1.81 bits per heavy atom. The number of ketones is 2. The molecule has 5 nitrogen and oxygen atoms in total. The van der Waals surface area contributed by atoms with Gasteiger partial charge in [0.1, 0.15) is 0 Å². The van der Waals surface area contributed by atoms with Gasteiger partial charge >= 0.3 is 5.97 Å². The molecule has 2 unspecified atom stereocenters. The van der Waals surface area contributed by atoms with Gasteiger partial charge in [-0.2, -0.15) is 0 Å². The number of aliphatic hydroxyl groups is 1. The number of carbonyl (C=O) groups excluding carboxylic acids is 2. The SMILES string of the molecule is CCC1(C)C=C(CCCC(C)(C)CO)C(=O)C(CCC2=CC(C)(C)C=C(CCCC(C)C(=O)O)C2=O)=C1. The molecular weight excluding hydrogens is 464 g/mol. The monoisotopic (exact) mass is 512 g/mol. The minimum absolute atomic E-state index is 0.0337. The third-order valence-electron chi connectivity index (χ3n) is 7.93. The topological polar surface area (TPSA) is 91.7 Å². The van der Waals surface area contributed by atoms with Crippen molar-refractivity contribution in [1.29, 1.82) is 0 Å². The fourth-order valence-electron chi connectivity index (χ4n) is 5.23. The van der Waals surface area contributed by atoms with Crippen LogP contribution in [0.15, 0.2) is 46.6 Å². The van der Waals surface area contributed by atoms with Gasteiger partial charge in [0.15, 0.2) is 11.6 Å². The highest BCUT2D eigenvalue weighted by Crippen LogP contribution is 2.39. The fourth-order valence-corrected chi connectivity index (χ4v) is 5.23. The fraction of sp³-hybridized carbons (Fsp3) is 0.656. The Bertz CT molecular complexity index is 1000. The molecule has 0 saturated carbocycles. The number of allylic oxidation sites excluding steroid dienone is 8. The lowest BCUT2D eigenvalue weighted by Crippen LogP contribution is -2.23. The summed E-state index contributed by atoms with van der Waals surface area (Å²) < 4.78 is 0. The van der Waals surface area contributed by atoms with Gasteiger partial charge in [-0.05, 0) is 85.5 Å². The van der Waals surface area contributed by atoms with Gasteiger partial charge in [-0.1, -0.05) is 72.8 Å². The van der Waals surface area contributed by atoms with Crippen LogP contribution in [0.1, 0.15) is 106 Å². The maximum absolute atomic E-state index is 13.4. The largest absolute Gasteiger partial charge is 0.481 e. The van der Waals surface area contributed by atoms with Gasteiger partial charge < -0.3 is 10.2 Å². The number of carboxylic acids is 1. The van der Waals surface area contributed by atoms with Crippen molar-refractivity contribution in [3.8, 4) is 0 Å². The van der Waals surface area contributed by atoms with Crippen LogP contribution in [0.25, 0.3) is 0 Å². The molecule has 0 amide bonds. The number of hydrogen-bond donors (Lipinski definition) is 2. The van der Waals surface area contributed by atoms with E-state index in [0.29, 0.717) is 38.5 Å². The molecule has 2 rings (SSSR count). The van der Waals surface area contributed by atoms with Crippen LogP contribution in [0.4, 0.5) is 0 Å². The lowest BCUT2D eigenvalue weighted by atomic mass is 9.74. The van der Waals surface area contributed by atoms with Gasteiger partial charge in [-0.3, -0.25) is 14.4 Å². The van der Waals surface area contributed by atoms with E-state index in [2.05, 4.69) is 39.8 Å². The first-order valence-electron chi connectivity index (χ1n) is 13.9. The molecule has 5 heteroatoms. The van der Waals surface area contributed by atoms with Crippen molar-refractivity contribution >= 4 is 17.5 Å². The molecule has 0 bridgehead atoms. The average molecular weight is 513 g/mol. The summed E-state index contributed by atoms with van der Waals surface area (Å²) in [7, 11) is 0. The van der Waals surface area contributed by atoms with E-state index in [1.807, 2.05) is 26.0 Å². The maximum atomic E-state index is 13.4. The van der Waals surface area contributed by atoms with Gasteiger partial charge in [0.25, 0.3) is 0 Å². The lowest BCUT2D eigenvalue weighted by molar-refractivity contribution is -0.141. The first-order valence-corrected chi connectivity index (χ1v) is 13.9. The molecule has 0 spiro atoms. The zero-order valence-electron chi connectivity index (χ0n) is 24.1. The van der Waals surface area contributed by atoms with Crippen molar-refractivity contribution in [3.63, 3.8) is 0 Å². The normalized spacial score (nSPS) is 22.7. The second-order valence-corrected chi connectivity index (χ2v) is 12.8. The van der Waals surface area contributed by atoms with Gasteiger partial charge in [-0.15, -0.1) is 0 Å². The molecule has 0 radical (unpaired) electrons. The standard InChI is InChI=1S/C32H48O5/c1-8-32(7)19-24(13-10-16-30(3,4)21-33)28(35)26(20-32)15-14-25-18-31(5,6)17-23(27(25)34)12-9-11-22(2)29(36)37/h17-20,22,33H,8-16,21H2,1-7H3,(H,36,37). The van der Waals surface area contributed by atoms with Crippen LogP contribution in [0.2, 0.25) is 0 Å². The highest BCUT2D eigenvalue weighted by Gasteiger charge is 2.31. The minimum atomic E-state index is -0.806. The van der Waals surface area contributed by atoms with Crippen LogP contribution in [0, 0.1) is 22.2 Å². The second-order valence-electron chi connectivity index (χ2n) is 12.8. The Morgan fingerprint density at radius 1 is 0.865 bits per heavy atom. The summed E-state index contributed by atoms with van der Waals surface area (Å²) in [5.41, 5.74) is 2.57. The molecule has 0 heterocycles. The van der Waals surface area contributed by atoms with Crippen molar-refractivity contribution < 1.29 is 24.6 Å². The molecule has 2 aliphatic carbocycles. The van der Waals surface area contributed by atoms with Crippen LogP contribution >= 0.6 is 0 Å². The van der Waals surface area contributed by atoms with Crippen LogP contribution in [-0.4, -0.2) is 34.4 Å². The van der Waals surface area contributed by atoms with Gasteiger partial charge in [0.2, 0.25) is 0 Å². The lowest BCUT2D eigenvalue weighted by Gasteiger charge is -2.30. The van der Waals surface area contributed by atoms with E-state index in [1.54, 1.807) is 6.92 Å². The van der Waals surface area contributed by atoms with Gasteiger partial charge in [0.05, 0.1) is 5.92 Å². The zero-order chi connectivity index (χ0) is 28.0. The first kappa shape index (κ1) is 31.0. The van der Waals surface area contributed by atoms with E-state index in [1.165, 1.54) is 0 Å². The van der Waals surface area contributed by atoms with Crippen molar-refractivity contribution in [2.75, 3.05) is 6.61 Å². The third kappa shape index (κ3) is 8.91. The highest BCUT2D eigenvalue weighted by molar-refractivity contribution is 6.11. The molecule has 0 aliphatic heterocycles. The summed E-state index contributed by atoms with van der Waals surface area (Å²) in [6, 6.07) is 0. The Morgan fingerprint density at radius 2 is 1.32 bits per heavy atom. The van der Waals surface area contributed by atoms with E-state index in [0.717, 1.165) is 41.6 Å². The van der Waals surface area contributed by atoms with Crippen LogP contribution in [0.5, 0.6) is 0 Å². The van der Waals surface area contributed by atoms with E-state index in [4.69, 9.17) is 5.11 Å². The quantitative estimate of drug-likeness (QED) is 0.258. The summed E-state index contributed by atoms with van der Waals surface area (Å²) in [6.07, 6.45) is 14.4. The maximum Gasteiger partial charge on any atom is 0.306 e. The van der Waals surface area contributed by atoms with E-state index in [-0.39, 0.29) is 34.4 Å². The number of rotatable bonds is 14. The molecule has 2 atom stereocenters.